The van der Waals surface area contributed by atoms with Gasteiger partial charge in [-0.15, -0.1) is 0 Å². The van der Waals surface area contributed by atoms with E-state index in [1.54, 1.807) is 6.07 Å². The van der Waals surface area contributed by atoms with Crippen LogP contribution in [0.4, 0.5) is 4.39 Å². The molecule has 20 heavy (non-hydrogen) atoms. The number of aliphatic hydroxyl groups excluding tert-OH is 1. The number of aliphatic hydroxyl groups is 1. The molecule has 0 amide bonds. The number of nitrogens with zero attached hydrogens (tertiary/aromatic N) is 1. The number of hydrogen-bond acceptors (Lipinski definition) is 2. The molecule has 0 aliphatic carbocycles. The molecule has 0 saturated carbocycles. The first-order valence-corrected chi connectivity index (χ1v) is 6.75. The van der Waals surface area contributed by atoms with Crippen LogP contribution in [0.3, 0.4) is 0 Å². The predicted octanol–water partition coefficient (Wildman–Crippen LogP) is 3.51. The van der Waals surface area contributed by atoms with Crippen LogP contribution in [0, 0.1) is 5.82 Å². The molecule has 0 heterocycles. The molecule has 1 N–H and O–H groups in total. The minimum atomic E-state index is -0.164. The van der Waals surface area contributed by atoms with Gasteiger partial charge in [-0.1, -0.05) is 42.5 Å². The zero-order valence-corrected chi connectivity index (χ0v) is 11.9. The van der Waals surface area contributed by atoms with Crippen LogP contribution in [0.15, 0.2) is 48.5 Å². The van der Waals surface area contributed by atoms with Crippen LogP contribution in [0.5, 0.6) is 0 Å². The van der Waals surface area contributed by atoms with Crippen molar-refractivity contribution in [3.8, 4) is 0 Å². The first-order valence-electron chi connectivity index (χ1n) is 6.75. The molecule has 2 aromatic carbocycles. The standard InChI is InChI=1S/C17H20FNO/c1-13(16-5-3-4-6-17(16)18)19(2)11-14-7-9-15(12-20)10-8-14/h3-10,13,20H,11-12H2,1-2H3. The molecule has 0 aliphatic rings. The van der Waals surface area contributed by atoms with E-state index in [1.807, 2.05) is 50.4 Å². The van der Waals surface area contributed by atoms with Gasteiger partial charge < -0.3 is 5.11 Å². The second kappa shape index (κ2) is 6.64. The lowest BCUT2D eigenvalue weighted by molar-refractivity contribution is 0.247. The first-order chi connectivity index (χ1) is 9.61. The van der Waals surface area contributed by atoms with Gasteiger partial charge >= 0.3 is 0 Å². The highest BCUT2D eigenvalue weighted by Gasteiger charge is 2.15. The largest absolute Gasteiger partial charge is 0.392 e. The summed E-state index contributed by atoms with van der Waals surface area (Å²) >= 11 is 0. The van der Waals surface area contributed by atoms with E-state index >= 15 is 0 Å². The van der Waals surface area contributed by atoms with Crippen molar-refractivity contribution < 1.29 is 9.50 Å². The average Bonchev–Trinajstić information content (AvgIpc) is 2.48. The maximum Gasteiger partial charge on any atom is 0.127 e. The zero-order chi connectivity index (χ0) is 14.5. The molecule has 2 rings (SSSR count). The van der Waals surface area contributed by atoms with Crippen LogP contribution in [0.25, 0.3) is 0 Å². The minimum absolute atomic E-state index is 0.00807. The molecule has 1 unspecified atom stereocenters. The van der Waals surface area contributed by atoms with Crippen LogP contribution in [-0.2, 0) is 13.2 Å². The fraction of sp³-hybridized carbons (Fsp3) is 0.294. The van der Waals surface area contributed by atoms with Crippen LogP contribution < -0.4 is 0 Å². The number of benzene rings is 2. The van der Waals surface area contributed by atoms with E-state index in [9.17, 15) is 4.39 Å². The van der Waals surface area contributed by atoms with E-state index in [4.69, 9.17) is 5.11 Å². The lowest BCUT2D eigenvalue weighted by Gasteiger charge is -2.25. The molecule has 1 atom stereocenters. The maximum atomic E-state index is 13.8. The quantitative estimate of drug-likeness (QED) is 0.901. The van der Waals surface area contributed by atoms with Crippen LogP contribution in [0.1, 0.15) is 29.7 Å². The molecule has 0 saturated heterocycles. The fourth-order valence-electron chi connectivity index (χ4n) is 2.23. The van der Waals surface area contributed by atoms with E-state index < -0.39 is 0 Å². The van der Waals surface area contributed by atoms with Crippen molar-refractivity contribution in [3.05, 3.63) is 71.0 Å². The Kier molecular flexibility index (Phi) is 4.88. The Balaban J connectivity index is 2.07. The van der Waals surface area contributed by atoms with E-state index in [0.717, 1.165) is 17.7 Å². The molecular formula is C17H20FNO. The lowest BCUT2D eigenvalue weighted by Crippen LogP contribution is -2.22. The number of hydrogen-bond donors (Lipinski definition) is 1. The van der Waals surface area contributed by atoms with Gasteiger partial charge in [0, 0.05) is 18.2 Å². The number of halogens is 1. The predicted molar refractivity (Wildman–Crippen MR) is 78.6 cm³/mol. The van der Waals surface area contributed by atoms with Gasteiger partial charge in [0.05, 0.1) is 6.61 Å². The maximum absolute atomic E-state index is 13.8. The SMILES string of the molecule is CC(c1ccccc1F)N(C)Cc1ccc(CO)cc1. The van der Waals surface area contributed by atoms with Crippen molar-refractivity contribution in [3.63, 3.8) is 0 Å². The van der Waals surface area contributed by atoms with Gasteiger partial charge in [0.1, 0.15) is 5.82 Å². The van der Waals surface area contributed by atoms with Gasteiger partial charge in [-0.2, -0.15) is 0 Å². The Hall–Kier alpha value is -1.71. The second-order valence-electron chi connectivity index (χ2n) is 5.09. The summed E-state index contributed by atoms with van der Waals surface area (Å²) in [5.74, 6) is -0.164. The summed E-state index contributed by atoms with van der Waals surface area (Å²) < 4.78 is 13.8. The molecule has 0 radical (unpaired) electrons. The fourth-order valence-corrected chi connectivity index (χ4v) is 2.23. The van der Waals surface area contributed by atoms with Crippen molar-refractivity contribution >= 4 is 0 Å². The van der Waals surface area contributed by atoms with Crippen molar-refractivity contribution in [2.45, 2.75) is 26.1 Å². The summed E-state index contributed by atoms with van der Waals surface area (Å²) in [5.41, 5.74) is 2.76. The average molecular weight is 273 g/mol. The summed E-state index contributed by atoms with van der Waals surface area (Å²) in [7, 11) is 1.98. The summed E-state index contributed by atoms with van der Waals surface area (Å²) in [4.78, 5) is 2.10. The Labute approximate surface area is 119 Å². The Morgan fingerprint density at radius 3 is 2.25 bits per heavy atom. The van der Waals surface area contributed by atoms with E-state index in [1.165, 1.54) is 6.07 Å². The normalized spacial score (nSPS) is 12.7. The molecule has 0 aliphatic heterocycles. The molecule has 0 spiro atoms. The van der Waals surface area contributed by atoms with Gasteiger partial charge in [0.2, 0.25) is 0 Å². The first kappa shape index (κ1) is 14.7. The molecule has 0 aromatic heterocycles. The Morgan fingerprint density at radius 2 is 1.65 bits per heavy atom. The van der Waals surface area contributed by atoms with Gasteiger partial charge in [0.25, 0.3) is 0 Å². The minimum Gasteiger partial charge on any atom is -0.392 e. The van der Waals surface area contributed by atoms with Gasteiger partial charge in [-0.3, -0.25) is 4.90 Å². The van der Waals surface area contributed by atoms with E-state index in [-0.39, 0.29) is 18.5 Å². The number of rotatable bonds is 5. The van der Waals surface area contributed by atoms with Crippen molar-refractivity contribution in [2.75, 3.05) is 7.05 Å². The Bertz CT molecular complexity index is 553. The van der Waals surface area contributed by atoms with Crippen molar-refractivity contribution in [1.29, 1.82) is 0 Å². The highest BCUT2D eigenvalue weighted by molar-refractivity contribution is 5.23. The molecule has 106 valence electrons. The molecular weight excluding hydrogens is 253 g/mol. The highest BCUT2D eigenvalue weighted by atomic mass is 19.1. The highest BCUT2D eigenvalue weighted by Crippen LogP contribution is 2.23. The summed E-state index contributed by atoms with van der Waals surface area (Å²) in [5, 5.41) is 9.03. The van der Waals surface area contributed by atoms with Crippen LogP contribution in [-0.4, -0.2) is 17.1 Å². The third kappa shape index (κ3) is 3.44. The molecule has 0 fully saturated rings. The van der Waals surface area contributed by atoms with Crippen LogP contribution in [0.2, 0.25) is 0 Å². The monoisotopic (exact) mass is 273 g/mol. The molecule has 3 heteroatoms. The summed E-state index contributed by atoms with van der Waals surface area (Å²) in [6.45, 7) is 2.80. The van der Waals surface area contributed by atoms with Gasteiger partial charge in [0.15, 0.2) is 0 Å². The van der Waals surface area contributed by atoms with Crippen LogP contribution >= 0.6 is 0 Å². The second-order valence-corrected chi connectivity index (χ2v) is 5.09. The molecule has 0 bridgehead atoms. The van der Waals surface area contributed by atoms with Crippen molar-refractivity contribution in [1.82, 2.24) is 4.90 Å². The zero-order valence-electron chi connectivity index (χ0n) is 11.9. The van der Waals surface area contributed by atoms with Gasteiger partial charge in [-0.05, 0) is 31.2 Å². The van der Waals surface area contributed by atoms with Crippen molar-refractivity contribution in [2.24, 2.45) is 0 Å². The third-order valence-electron chi connectivity index (χ3n) is 3.65. The Morgan fingerprint density at radius 1 is 1.05 bits per heavy atom. The molecule has 2 nitrogen and oxygen atoms in total. The topological polar surface area (TPSA) is 23.5 Å². The van der Waals surface area contributed by atoms with Gasteiger partial charge in [-0.25, -0.2) is 4.39 Å². The molecule has 2 aromatic rings. The smallest absolute Gasteiger partial charge is 0.127 e. The summed E-state index contributed by atoms with van der Waals surface area (Å²) in [6.07, 6.45) is 0. The third-order valence-corrected chi connectivity index (χ3v) is 3.65. The van der Waals surface area contributed by atoms with E-state index in [2.05, 4.69) is 4.90 Å². The van der Waals surface area contributed by atoms with E-state index in [0.29, 0.717) is 5.56 Å². The lowest BCUT2D eigenvalue weighted by atomic mass is 10.1. The summed E-state index contributed by atoms with van der Waals surface area (Å²) in [6, 6.07) is 14.7.